The summed E-state index contributed by atoms with van der Waals surface area (Å²) in [4.78, 5) is 24.4. The molecule has 1 amide bonds. The Balaban J connectivity index is 1.50. The quantitative estimate of drug-likeness (QED) is 0.292. The summed E-state index contributed by atoms with van der Waals surface area (Å²) in [6.07, 6.45) is 3.63. The third-order valence-electron chi connectivity index (χ3n) is 5.19. The maximum atomic E-state index is 12.6. The second kappa shape index (κ2) is 9.48. The summed E-state index contributed by atoms with van der Waals surface area (Å²) in [7, 11) is 0. The van der Waals surface area contributed by atoms with E-state index >= 15 is 0 Å². The molecule has 8 heteroatoms. The van der Waals surface area contributed by atoms with Gasteiger partial charge in [-0.05, 0) is 44.6 Å². The minimum Gasteiger partial charge on any atom is -0.370 e. The molecule has 3 aromatic rings. The molecule has 0 saturated heterocycles. The third-order valence-corrected chi connectivity index (χ3v) is 7.81. The molecule has 0 unspecified atom stereocenters. The van der Waals surface area contributed by atoms with Gasteiger partial charge in [0.05, 0.1) is 18.0 Å². The number of amides is 1. The number of fused-ring (bicyclic) bond motifs is 3. The number of nitrogens with zero attached hydrogens (tertiary/aromatic N) is 2. The lowest BCUT2D eigenvalue weighted by atomic mass is 9.95. The highest BCUT2D eigenvalue weighted by atomic mass is 32.2. The number of hydrogen-bond donors (Lipinski definition) is 1. The fourth-order valence-electron chi connectivity index (χ4n) is 3.76. The zero-order chi connectivity index (χ0) is 22.0. The number of hydrogen-bond acceptors (Lipinski definition) is 7. The predicted octanol–water partition coefficient (Wildman–Crippen LogP) is 5.10. The Morgan fingerprint density at radius 2 is 2.06 bits per heavy atom. The fourth-order valence-corrected chi connectivity index (χ4v) is 6.27. The van der Waals surface area contributed by atoms with E-state index in [9.17, 15) is 4.79 Å². The van der Waals surface area contributed by atoms with E-state index < -0.39 is 0 Å². The van der Waals surface area contributed by atoms with Crippen LogP contribution >= 0.6 is 34.9 Å². The molecule has 4 rings (SSSR count). The van der Waals surface area contributed by atoms with Gasteiger partial charge in [0.25, 0.3) is 0 Å². The SMILES string of the molecule is CSc1nc(SCC(=O)N[C@@H](C)Cc2ccccc2)c2c3c(sc2n1)COC(C)(C)C3. The Bertz CT molecular complexity index is 1080. The van der Waals surface area contributed by atoms with Gasteiger partial charge in [0.1, 0.15) is 9.86 Å². The molecule has 1 N–H and O–H groups in total. The summed E-state index contributed by atoms with van der Waals surface area (Å²) in [5.41, 5.74) is 2.30. The van der Waals surface area contributed by atoms with Gasteiger partial charge in [-0.25, -0.2) is 9.97 Å². The molecule has 2 aromatic heterocycles. The van der Waals surface area contributed by atoms with Crippen LogP contribution in [0.2, 0.25) is 0 Å². The molecular weight excluding hydrogens is 446 g/mol. The molecule has 0 bridgehead atoms. The van der Waals surface area contributed by atoms with E-state index in [0.717, 1.165) is 33.2 Å². The van der Waals surface area contributed by atoms with Gasteiger partial charge in [-0.1, -0.05) is 53.9 Å². The number of aromatic nitrogens is 2. The van der Waals surface area contributed by atoms with Gasteiger partial charge in [0.15, 0.2) is 5.16 Å². The lowest BCUT2D eigenvalue weighted by Crippen LogP contribution is -2.35. The Kier molecular flexibility index (Phi) is 6.91. The molecule has 1 atom stereocenters. The molecule has 0 aliphatic carbocycles. The zero-order valence-electron chi connectivity index (χ0n) is 18.2. The molecule has 31 heavy (non-hydrogen) atoms. The van der Waals surface area contributed by atoms with Crippen LogP contribution in [-0.2, 0) is 29.0 Å². The van der Waals surface area contributed by atoms with Crippen molar-refractivity contribution in [1.29, 1.82) is 0 Å². The predicted molar refractivity (Wildman–Crippen MR) is 130 cm³/mol. The molecular formula is C23H27N3O2S3. The lowest BCUT2D eigenvalue weighted by molar-refractivity contribution is -0.119. The molecule has 5 nitrogen and oxygen atoms in total. The first-order valence-electron chi connectivity index (χ1n) is 10.3. The molecule has 1 aromatic carbocycles. The summed E-state index contributed by atoms with van der Waals surface area (Å²) < 4.78 is 5.99. The summed E-state index contributed by atoms with van der Waals surface area (Å²) in [6.45, 7) is 6.89. The molecule has 3 heterocycles. The van der Waals surface area contributed by atoms with E-state index in [1.54, 1.807) is 11.3 Å². The van der Waals surface area contributed by atoms with Crippen LogP contribution in [-0.4, -0.2) is 39.5 Å². The van der Waals surface area contributed by atoms with E-state index in [1.807, 2.05) is 31.4 Å². The van der Waals surface area contributed by atoms with Crippen LogP contribution in [0.3, 0.4) is 0 Å². The Morgan fingerprint density at radius 3 is 2.81 bits per heavy atom. The van der Waals surface area contributed by atoms with Gasteiger partial charge in [0.2, 0.25) is 5.91 Å². The van der Waals surface area contributed by atoms with Crippen LogP contribution in [0.1, 0.15) is 36.8 Å². The number of carbonyl (C=O) groups is 1. The fraction of sp³-hybridized carbons (Fsp3) is 0.435. The average Bonchev–Trinajstić information content (AvgIpc) is 3.09. The van der Waals surface area contributed by atoms with Crippen LogP contribution in [0.4, 0.5) is 0 Å². The maximum absolute atomic E-state index is 12.6. The highest BCUT2D eigenvalue weighted by Gasteiger charge is 2.31. The average molecular weight is 474 g/mol. The lowest BCUT2D eigenvalue weighted by Gasteiger charge is -2.30. The third kappa shape index (κ3) is 5.42. The number of rotatable bonds is 7. The highest BCUT2D eigenvalue weighted by Crippen LogP contribution is 2.42. The van der Waals surface area contributed by atoms with Crippen LogP contribution in [0.5, 0.6) is 0 Å². The number of thioether (sulfide) groups is 2. The maximum Gasteiger partial charge on any atom is 0.230 e. The van der Waals surface area contributed by atoms with Crippen molar-refractivity contribution >= 4 is 51.0 Å². The van der Waals surface area contributed by atoms with Crippen LogP contribution < -0.4 is 5.32 Å². The Hall–Kier alpha value is -1.61. The number of nitrogens with one attached hydrogen (secondary N) is 1. The summed E-state index contributed by atoms with van der Waals surface area (Å²) >= 11 is 4.72. The molecule has 0 radical (unpaired) electrons. The van der Waals surface area contributed by atoms with Gasteiger partial charge in [-0.2, -0.15) is 0 Å². The highest BCUT2D eigenvalue weighted by molar-refractivity contribution is 8.00. The summed E-state index contributed by atoms with van der Waals surface area (Å²) in [5, 5.41) is 5.86. The van der Waals surface area contributed by atoms with Gasteiger partial charge in [-0.3, -0.25) is 4.79 Å². The Labute approximate surface area is 195 Å². The topological polar surface area (TPSA) is 64.1 Å². The van der Waals surface area contributed by atoms with Gasteiger partial charge in [0, 0.05) is 22.7 Å². The normalized spacial score (nSPS) is 16.1. The molecule has 1 aliphatic heterocycles. The van der Waals surface area contributed by atoms with Gasteiger partial charge >= 0.3 is 0 Å². The summed E-state index contributed by atoms with van der Waals surface area (Å²) in [6, 6.07) is 10.3. The second-order valence-corrected chi connectivity index (χ2v) is 11.2. The molecule has 0 saturated carbocycles. The van der Waals surface area contributed by atoms with E-state index in [1.165, 1.54) is 39.5 Å². The first-order chi connectivity index (χ1) is 14.8. The van der Waals surface area contributed by atoms with E-state index in [0.29, 0.717) is 12.4 Å². The van der Waals surface area contributed by atoms with Crippen LogP contribution in [0, 0.1) is 0 Å². The number of thiophene rings is 1. The number of benzene rings is 1. The van der Waals surface area contributed by atoms with Crippen molar-refractivity contribution in [3.63, 3.8) is 0 Å². The van der Waals surface area contributed by atoms with Crippen LogP contribution in [0.15, 0.2) is 40.5 Å². The first kappa shape index (κ1) is 22.6. The van der Waals surface area contributed by atoms with Crippen LogP contribution in [0.25, 0.3) is 10.2 Å². The van der Waals surface area contributed by atoms with Crippen molar-refractivity contribution in [3.05, 3.63) is 46.3 Å². The smallest absolute Gasteiger partial charge is 0.230 e. The number of carbonyl (C=O) groups excluding carboxylic acids is 1. The van der Waals surface area contributed by atoms with Crippen molar-refractivity contribution in [2.24, 2.45) is 0 Å². The number of ether oxygens (including phenoxy) is 1. The Morgan fingerprint density at radius 1 is 1.29 bits per heavy atom. The minimum absolute atomic E-state index is 0.0265. The van der Waals surface area contributed by atoms with Crippen molar-refractivity contribution in [2.45, 2.75) is 62.0 Å². The van der Waals surface area contributed by atoms with Crippen molar-refractivity contribution in [1.82, 2.24) is 15.3 Å². The molecule has 0 spiro atoms. The van der Waals surface area contributed by atoms with Gasteiger partial charge in [-0.15, -0.1) is 11.3 Å². The van der Waals surface area contributed by atoms with Crippen molar-refractivity contribution in [3.8, 4) is 0 Å². The largest absolute Gasteiger partial charge is 0.370 e. The standard InChI is InChI=1S/C23H27N3O2S3/c1-14(10-15-8-6-5-7-9-15)24-18(27)13-30-20-19-16-11-23(2,3)28-12-17(16)31-21(19)26-22(25-20)29-4/h5-9,14H,10-13H2,1-4H3,(H,24,27)/t14-/m0/s1. The monoisotopic (exact) mass is 473 g/mol. The molecule has 1 aliphatic rings. The second-order valence-electron chi connectivity index (χ2n) is 8.37. The minimum atomic E-state index is -0.203. The first-order valence-corrected chi connectivity index (χ1v) is 13.3. The van der Waals surface area contributed by atoms with Gasteiger partial charge < -0.3 is 10.1 Å². The summed E-state index contributed by atoms with van der Waals surface area (Å²) in [5.74, 6) is 0.363. The van der Waals surface area contributed by atoms with E-state index in [4.69, 9.17) is 14.7 Å². The van der Waals surface area contributed by atoms with E-state index in [2.05, 4.69) is 31.3 Å². The van der Waals surface area contributed by atoms with Crippen molar-refractivity contribution in [2.75, 3.05) is 12.0 Å². The molecule has 0 fully saturated rings. The van der Waals surface area contributed by atoms with Crippen molar-refractivity contribution < 1.29 is 9.53 Å². The van der Waals surface area contributed by atoms with E-state index in [-0.39, 0.29) is 17.6 Å². The molecule has 164 valence electrons. The zero-order valence-corrected chi connectivity index (χ0v) is 20.7.